The van der Waals surface area contributed by atoms with Crippen molar-refractivity contribution in [3.63, 3.8) is 0 Å². The van der Waals surface area contributed by atoms with Crippen LogP contribution >= 0.6 is 68.0 Å². The van der Waals surface area contributed by atoms with E-state index in [1.54, 1.807) is 89.8 Å². The highest BCUT2D eigenvalue weighted by atomic mass is 32.1. The van der Waals surface area contributed by atoms with Crippen LogP contribution in [0.15, 0.2) is 93.6 Å². The first kappa shape index (κ1) is 70.4. The number of hydrogen-bond acceptors (Lipinski definition) is 25. The Morgan fingerprint density at radius 3 is 2.13 bits per heavy atom. The van der Waals surface area contributed by atoms with Gasteiger partial charge >= 0.3 is 5.97 Å². The molecule has 7 aromatic heterocycles. The molecule has 2 aromatic carbocycles. The number of Topliss-reactive ketones (excluding diaryl/α,β-unsaturated/α-hetero) is 1. The topological polar surface area (TPSA) is 377 Å². The lowest BCUT2D eigenvalue weighted by Crippen LogP contribution is -2.50. The second-order valence-electron chi connectivity index (χ2n) is 25.4. The van der Waals surface area contributed by atoms with E-state index >= 15 is 4.79 Å². The molecule has 2 saturated heterocycles. The number of carbonyl (C=O) groups is 8. The molecule has 0 unspecified atom stereocenters. The SMILES string of the molecule is Cc1sc2nc1C(=O)C[C@@H]([C@H](O)c1ccccc1)c1nc(cs1)C(=O)N[C@@H](Cc1ccc(OCC(=O)NCCN3CCCC3)cc1)C(=O)N1C[C@H](O)[C@H](C)[C@H]1c1nc(cs1)-c1nc(cs1)-c1nc(-c3nc(C(=O)NC4CCC(C(=O)O)CC4)cs3)ccc1-c1nc(cs1)C(=O)N[C@H]2CC(N)=O. The summed E-state index contributed by atoms with van der Waals surface area (Å²) < 4.78 is 5.86. The number of carbonyl (C=O) groups excluding carboxylic acids is 7. The predicted octanol–water partition coefficient (Wildman–Crippen LogP) is 8.43. The average molecular weight is 1480 g/mol. The minimum Gasteiger partial charge on any atom is -0.484 e. The summed E-state index contributed by atoms with van der Waals surface area (Å²) in [6, 6.07) is 15.6. The molecule has 0 spiro atoms. The number of aryl methyl sites for hydroxylation is 1. The number of carboxylic acids is 1. The molecule has 26 nitrogen and oxygen atoms in total. The Balaban J connectivity index is 0.850. The number of aliphatic hydroxyl groups excluding tert-OH is 2. The first-order valence-corrected chi connectivity index (χ1v) is 38.1. The number of nitrogens with one attached hydrogen (secondary N) is 4. The summed E-state index contributed by atoms with van der Waals surface area (Å²) >= 11 is 7.01. The number of fused-ring (bicyclic) bond motifs is 16. The molecule has 0 radical (unpaired) electrons. The Kier molecular flexibility index (Phi) is 21.7. The molecule has 9 aromatic rings. The fourth-order valence-electron chi connectivity index (χ4n) is 13.0. The van der Waals surface area contributed by atoms with Crippen LogP contribution in [0.3, 0.4) is 0 Å². The van der Waals surface area contributed by atoms with Crippen molar-refractivity contribution in [2.75, 3.05) is 39.3 Å². The molecular formula is C69H70N14O12S6. The number of benzene rings is 2. The van der Waals surface area contributed by atoms with Gasteiger partial charge < -0.3 is 56.9 Å². The van der Waals surface area contributed by atoms with E-state index in [2.05, 4.69) is 31.2 Å². The number of carboxylic acid groups (broad SMARTS) is 1. The van der Waals surface area contributed by atoms with Crippen LogP contribution in [0.2, 0.25) is 0 Å². The maximum absolute atomic E-state index is 15.5. The summed E-state index contributed by atoms with van der Waals surface area (Å²) in [6.45, 7) is 6.46. The van der Waals surface area contributed by atoms with Crippen molar-refractivity contribution in [1.29, 1.82) is 0 Å². The molecule has 10 heterocycles. The minimum absolute atomic E-state index is 0.0132. The molecule has 3 aliphatic heterocycles. The zero-order chi connectivity index (χ0) is 70.6. The molecule has 10 bridgehead atoms. The summed E-state index contributed by atoms with van der Waals surface area (Å²) in [4.78, 5) is 149. The van der Waals surface area contributed by atoms with E-state index in [1.807, 2.05) is 12.3 Å². The number of nitrogens with two attached hydrogens (primary N) is 1. The molecule has 13 rings (SSSR count). The number of amides is 6. The van der Waals surface area contributed by atoms with E-state index < -0.39 is 95.8 Å². The number of hydrogen-bond donors (Lipinski definition) is 8. The van der Waals surface area contributed by atoms with Crippen molar-refractivity contribution in [2.45, 2.75) is 114 Å². The molecule has 7 atom stereocenters. The molecule has 101 heavy (non-hydrogen) atoms. The molecular weight excluding hydrogens is 1410 g/mol. The summed E-state index contributed by atoms with van der Waals surface area (Å²) in [6.07, 6.45) is 1.11. The maximum Gasteiger partial charge on any atom is 0.306 e. The van der Waals surface area contributed by atoms with Gasteiger partial charge in [-0.05, 0) is 93.9 Å². The molecule has 3 fully saturated rings. The summed E-state index contributed by atoms with van der Waals surface area (Å²) in [5.74, 6) is -6.37. The standard InChI is InChI=1S/C69H70N14O12S6/c1-34-52(85)27-83-57(34)67-80-50(33-100-67)65-76-46(29-98-65)56-41(18-19-43(73-56)64-79-47(32-99-64)59(89)72-39-14-12-38(13-15-39)69(93)94)62-77-48(30-96-62)60(90)74-44(26-53(70)86)66-81-55(35(2)101-66)51(84)25-42(58(88)37-8-4-3-5-9-37)63-78-49(31-97-63)61(91)75-45(68(83)92)24-36-10-16-40(17-11-36)95-28-54(87)71-20-23-82-21-6-7-22-82/h3-5,8-11,16-19,29-34,38-39,42,44-45,52,57-58,85,88H,6-7,12-15,20-28H2,1-2H3,(H2,70,86)(H,71,87)(H,72,89)(H,74,90)(H,75,91)(H,93,94)/t34-,38?,39?,42-,44-,45-,52-,57-,58+/m0/s1. The number of aliphatic carboxylic acids is 1. The maximum atomic E-state index is 15.5. The lowest BCUT2D eigenvalue weighted by molar-refractivity contribution is -0.143. The van der Waals surface area contributed by atoms with Crippen molar-refractivity contribution < 1.29 is 58.4 Å². The van der Waals surface area contributed by atoms with E-state index in [1.165, 1.54) is 44.3 Å². The number of thiazole rings is 6. The number of primary amides is 1. The van der Waals surface area contributed by atoms with Crippen LogP contribution < -0.4 is 31.7 Å². The molecule has 4 aliphatic rings. The smallest absolute Gasteiger partial charge is 0.306 e. The van der Waals surface area contributed by atoms with Gasteiger partial charge in [-0.2, -0.15) is 0 Å². The van der Waals surface area contributed by atoms with Gasteiger partial charge in [-0.3, -0.25) is 38.4 Å². The van der Waals surface area contributed by atoms with Gasteiger partial charge in [0.25, 0.3) is 23.6 Å². The quantitative estimate of drug-likeness (QED) is 0.0449. The number of rotatable bonds is 16. The van der Waals surface area contributed by atoms with E-state index in [0.29, 0.717) is 102 Å². The summed E-state index contributed by atoms with van der Waals surface area (Å²) in [5, 5.41) is 55.6. The van der Waals surface area contributed by atoms with Crippen LogP contribution in [-0.4, -0.2) is 165 Å². The number of nitrogens with zero attached hydrogens (tertiary/aromatic N) is 9. The number of aromatic nitrogens is 7. The van der Waals surface area contributed by atoms with Crippen LogP contribution in [0.4, 0.5) is 0 Å². The Hall–Kier alpha value is -8.99. The van der Waals surface area contributed by atoms with Crippen molar-refractivity contribution >= 4 is 115 Å². The third kappa shape index (κ3) is 16.2. The average Bonchev–Trinajstić information content (AvgIpc) is 1.66. The van der Waals surface area contributed by atoms with Gasteiger partial charge in [0.2, 0.25) is 11.8 Å². The first-order valence-electron chi connectivity index (χ1n) is 32.9. The van der Waals surface area contributed by atoms with E-state index in [0.717, 1.165) is 66.5 Å². The van der Waals surface area contributed by atoms with Gasteiger partial charge in [0.05, 0.1) is 47.3 Å². The van der Waals surface area contributed by atoms with Crippen LogP contribution in [-0.2, 0) is 25.6 Å². The Bertz CT molecular complexity index is 4560. The molecule has 9 N–H and O–H groups in total. The van der Waals surface area contributed by atoms with Gasteiger partial charge in [-0.1, -0.05) is 49.4 Å². The van der Waals surface area contributed by atoms with E-state index in [-0.39, 0.29) is 70.7 Å². The zero-order valence-electron chi connectivity index (χ0n) is 54.6. The predicted molar refractivity (Wildman–Crippen MR) is 381 cm³/mol. The lowest BCUT2D eigenvalue weighted by atomic mass is 9.86. The highest BCUT2D eigenvalue weighted by Crippen LogP contribution is 2.44. The number of aliphatic hydroxyl groups is 2. The van der Waals surface area contributed by atoms with Gasteiger partial charge in [0.15, 0.2) is 12.4 Å². The molecule has 32 heteroatoms. The van der Waals surface area contributed by atoms with Gasteiger partial charge in [-0.15, -0.1) is 68.0 Å². The molecule has 6 amide bonds. The Morgan fingerprint density at radius 2 is 1.38 bits per heavy atom. The minimum atomic E-state index is -1.32. The number of ketones is 1. The number of pyridine rings is 1. The van der Waals surface area contributed by atoms with Crippen molar-refractivity contribution in [2.24, 2.45) is 17.6 Å². The first-order chi connectivity index (χ1) is 48.8. The highest BCUT2D eigenvalue weighted by Gasteiger charge is 2.46. The molecule has 1 saturated carbocycles. The third-order valence-electron chi connectivity index (χ3n) is 18.4. The third-order valence-corrected chi connectivity index (χ3v) is 24.0. The molecule has 1 aliphatic carbocycles. The largest absolute Gasteiger partial charge is 0.484 e. The Morgan fingerprint density at radius 1 is 0.713 bits per heavy atom. The highest BCUT2D eigenvalue weighted by molar-refractivity contribution is 7.15. The Labute approximate surface area is 603 Å². The van der Waals surface area contributed by atoms with Crippen molar-refractivity contribution in [1.82, 2.24) is 66.0 Å². The van der Waals surface area contributed by atoms with Crippen LogP contribution in [0, 0.1) is 18.8 Å². The zero-order valence-corrected chi connectivity index (χ0v) is 59.5. The number of likely N-dealkylation sites (tertiary alicyclic amines) is 1. The fraction of sp³-hybridized carbons (Fsp3) is 0.377. The summed E-state index contributed by atoms with van der Waals surface area (Å²) in [7, 11) is 0. The van der Waals surface area contributed by atoms with Crippen LogP contribution in [0.5, 0.6) is 5.75 Å². The second-order valence-corrected chi connectivity index (χ2v) is 31.0. The van der Waals surface area contributed by atoms with Gasteiger partial charge in [-0.25, -0.2) is 34.9 Å². The monoisotopic (exact) mass is 1480 g/mol. The summed E-state index contributed by atoms with van der Waals surface area (Å²) in [5.41, 5.74) is 8.98. The fourth-order valence-corrected chi connectivity index (χ4v) is 18.3. The lowest BCUT2D eigenvalue weighted by Gasteiger charge is -2.29. The van der Waals surface area contributed by atoms with E-state index in [4.69, 9.17) is 40.4 Å². The normalized spacial score (nSPS) is 21.6. The number of ether oxygens (including phenoxy) is 1. The van der Waals surface area contributed by atoms with Crippen LogP contribution in [0.1, 0.15) is 155 Å². The van der Waals surface area contributed by atoms with Crippen molar-refractivity contribution in [3.05, 3.63) is 147 Å². The van der Waals surface area contributed by atoms with Gasteiger partial charge in [0, 0.05) is 87.7 Å². The van der Waals surface area contributed by atoms with Gasteiger partial charge in [0.1, 0.15) is 76.7 Å². The van der Waals surface area contributed by atoms with Crippen molar-refractivity contribution in [3.8, 4) is 49.1 Å². The van der Waals surface area contributed by atoms with Crippen LogP contribution in [0.25, 0.3) is 43.4 Å². The van der Waals surface area contributed by atoms with E-state index in [9.17, 15) is 48.9 Å². The second kappa shape index (κ2) is 31.1. The molecule has 524 valence electrons.